The van der Waals surface area contributed by atoms with Gasteiger partial charge in [-0.3, -0.25) is 4.79 Å². The van der Waals surface area contributed by atoms with Crippen LogP contribution in [0.4, 0.5) is 0 Å². The highest BCUT2D eigenvalue weighted by Gasteiger charge is 2.58. The van der Waals surface area contributed by atoms with Crippen molar-refractivity contribution in [3.05, 3.63) is 0 Å². The van der Waals surface area contributed by atoms with E-state index in [9.17, 15) is 9.59 Å². The van der Waals surface area contributed by atoms with E-state index in [1.807, 2.05) is 0 Å². The Morgan fingerprint density at radius 3 is 2.67 bits per heavy atom. The molecule has 0 N–H and O–H groups in total. The summed E-state index contributed by atoms with van der Waals surface area (Å²) >= 11 is 0. The first kappa shape index (κ1) is 10.8. The van der Waals surface area contributed by atoms with Gasteiger partial charge in [0.25, 0.3) is 0 Å². The van der Waals surface area contributed by atoms with Crippen molar-refractivity contribution in [1.29, 1.82) is 0 Å². The van der Waals surface area contributed by atoms with E-state index < -0.39 is 0 Å². The molecule has 0 aromatic heterocycles. The van der Waals surface area contributed by atoms with Gasteiger partial charge in [0.05, 0.1) is 0 Å². The van der Waals surface area contributed by atoms with Crippen LogP contribution >= 0.6 is 0 Å². The standard InChI is InChI=1S/C13H20O2/c1-12(2)9-4-6-13(3,11(12)15)10(8-9)5-7-14/h7,9-10H,4-6,8H2,1-3H3/t9-,10-,13+/m1/s1. The molecule has 0 unspecified atom stereocenters. The van der Waals surface area contributed by atoms with Crippen molar-refractivity contribution >= 4 is 12.1 Å². The quantitative estimate of drug-likeness (QED) is 0.654. The van der Waals surface area contributed by atoms with Crippen molar-refractivity contribution in [2.75, 3.05) is 0 Å². The van der Waals surface area contributed by atoms with E-state index in [0.29, 0.717) is 24.0 Å². The molecule has 3 aliphatic carbocycles. The molecule has 0 saturated heterocycles. The summed E-state index contributed by atoms with van der Waals surface area (Å²) in [7, 11) is 0. The first-order valence-electron chi connectivity index (χ1n) is 5.91. The maximum absolute atomic E-state index is 12.4. The van der Waals surface area contributed by atoms with Crippen molar-refractivity contribution in [2.24, 2.45) is 22.7 Å². The third-order valence-electron chi connectivity index (χ3n) is 4.99. The fourth-order valence-corrected chi connectivity index (χ4v) is 3.75. The third kappa shape index (κ3) is 1.30. The Balaban J connectivity index is 2.34. The van der Waals surface area contributed by atoms with E-state index in [0.717, 1.165) is 25.5 Å². The summed E-state index contributed by atoms with van der Waals surface area (Å²) in [6, 6.07) is 0. The summed E-state index contributed by atoms with van der Waals surface area (Å²) in [5, 5.41) is 0. The molecular weight excluding hydrogens is 188 g/mol. The molecule has 2 heteroatoms. The molecule has 0 amide bonds. The monoisotopic (exact) mass is 208 g/mol. The maximum atomic E-state index is 12.4. The molecule has 0 heterocycles. The number of hydrogen-bond acceptors (Lipinski definition) is 2. The van der Waals surface area contributed by atoms with E-state index in [1.54, 1.807) is 0 Å². The van der Waals surface area contributed by atoms with Crippen LogP contribution < -0.4 is 0 Å². The topological polar surface area (TPSA) is 34.1 Å². The first-order valence-corrected chi connectivity index (χ1v) is 5.91. The van der Waals surface area contributed by atoms with E-state index in [2.05, 4.69) is 20.8 Å². The Morgan fingerprint density at radius 2 is 2.07 bits per heavy atom. The Morgan fingerprint density at radius 1 is 1.40 bits per heavy atom. The molecule has 3 aliphatic rings. The van der Waals surface area contributed by atoms with Crippen LogP contribution in [0.1, 0.15) is 46.5 Å². The van der Waals surface area contributed by atoms with Crippen LogP contribution in [0.2, 0.25) is 0 Å². The smallest absolute Gasteiger partial charge is 0.144 e. The van der Waals surface area contributed by atoms with Crippen LogP contribution in [-0.4, -0.2) is 12.1 Å². The van der Waals surface area contributed by atoms with Crippen molar-refractivity contribution in [1.82, 2.24) is 0 Å². The van der Waals surface area contributed by atoms with Gasteiger partial charge in [-0.15, -0.1) is 0 Å². The molecule has 3 saturated carbocycles. The highest BCUT2D eigenvalue weighted by atomic mass is 16.1. The number of ketones is 1. The second-order valence-corrected chi connectivity index (χ2v) is 6.04. The van der Waals surface area contributed by atoms with Crippen molar-refractivity contribution in [3.63, 3.8) is 0 Å². The minimum absolute atomic E-state index is 0.160. The number of fused-ring (bicyclic) bond motifs is 3. The van der Waals surface area contributed by atoms with Gasteiger partial charge in [-0.05, 0) is 31.1 Å². The molecule has 2 bridgehead atoms. The number of carbonyl (C=O) groups is 2. The molecule has 0 aromatic carbocycles. The van der Waals surface area contributed by atoms with Gasteiger partial charge in [0, 0.05) is 17.3 Å². The average molecular weight is 208 g/mol. The van der Waals surface area contributed by atoms with Gasteiger partial charge >= 0.3 is 0 Å². The van der Waals surface area contributed by atoms with E-state index in [1.165, 1.54) is 0 Å². The SMILES string of the molecule is CC1(C)C(=O)[C@@]2(C)CC[C@@H]1C[C@H]2CC=O. The lowest BCUT2D eigenvalue weighted by Crippen LogP contribution is -2.57. The summed E-state index contributed by atoms with van der Waals surface area (Å²) in [5.41, 5.74) is -0.383. The molecule has 3 fully saturated rings. The normalized spacial score (nSPS) is 43.0. The predicted molar refractivity (Wildman–Crippen MR) is 58.4 cm³/mol. The van der Waals surface area contributed by atoms with Gasteiger partial charge in [-0.2, -0.15) is 0 Å². The zero-order valence-corrected chi connectivity index (χ0v) is 9.88. The molecule has 3 rings (SSSR count). The van der Waals surface area contributed by atoms with Crippen LogP contribution in [0.25, 0.3) is 0 Å². The highest BCUT2D eigenvalue weighted by Crippen LogP contribution is 2.59. The summed E-state index contributed by atoms with van der Waals surface area (Å²) in [6.07, 6.45) is 4.75. The average Bonchev–Trinajstić information content (AvgIpc) is 2.18. The summed E-state index contributed by atoms with van der Waals surface area (Å²) in [5.74, 6) is 1.19. The largest absolute Gasteiger partial charge is 0.303 e. The van der Waals surface area contributed by atoms with E-state index in [4.69, 9.17) is 0 Å². The van der Waals surface area contributed by atoms with Crippen molar-refractivity contribution < 1.29 is 9.59 Å². The Kier molecular flexibility index (Phi) is 2.29. The molecule has 0 aliphatic heterocycles. The zero-order chi connectivity index (χ0) is 11.3. The maximum Gasteiger partial charge on any atom is 0.144 e. The first-order chi connectivity index (χ1) is 6.93. The van der Waals surface area contributed by atoms with Gasteiger partial charge < -0.3 is 4.79 Å². The minimum Gasteiger partial charge on any atom is -0.303 e. The molecule has 84 valence electrons. The van der Waals surface area contributed by atoms with Gasteiger partial charge in [-0.25, -0.2) is 0 Å². The Hall–Kier alpha value is -0.660. The van der Waals surface area contributed by atoms with Crippen molar-refractivity contribution in [2.45, 2.75) is 46.5 Å². The van der Waals surface area contributed by atoms with Gasteiger partial charge in [0.15, 0.2) is 0 Å². The summed E-state index contributed by atoms with van der Waals surface area (Å²) < 4.78 is 0. The molecule has 0 spiro atoms. The predicted octanol–water partition coefficient (Wildman–Crippen LogP) is 2.61. The Labute approximate surface area is 91.4 Å². The van der Waals surface area contributed by atoms with E-state index >= 15 is 0 Å². The second kappa shape index (κ2) is 3.16. The van der Waals surface area contributed by atoms with Gasteiger partial charge in [0.2, 0.25) is 0 Å². The molecule has 2 nitrogen and oxygen atoms in total. The number of Topliss-reactive ketones (excluding diaryl/α,β-unsaturated/α-hetero) is 1. The number of aldehydes is 1. The summed E-state index contributed by atoms with van der Waals surface area (Å²) in [4.78, 5) is 23.0. The molecule has 0 radical (unpaired) electrons. The minimum atomic E-state index is -0.223. The van der Waals surface area contributed by atoms with Gasteiger partial charge in [0.1, 0.15) is 12.1 Å². The highest BCUT2D eigenvalue weighted by molar-refractivity contribution is 5.92. The lowest BCUT2D eigenvalue weighted by Gasteiger charge is -2.56. The van der Waals surface area contributed by atoms with Crippen LogP contribution in [0.15, 0.2) is 0 Å². The summed E-state index contributed by atoms with van der Waals surface area (Å²) in [6.45, 7) is 6.23. The molecule has 15 heavy (non-hydrogen) atoms. The molecule has 0 aromatic rings. The van der Waals surface area contributed by atoms with Crippen LogP contribution in [-0.2, 0) is 9.59 Å². The van der Waals surface area contributed by atoms with Crippen LogP contribution in [0.3, 0.4) is 0 Å². The van der Waals surface area contributed by atoms with E-state index in [-0.39, 0.29) is 10.8 Å². The molecular formula is C13H20O2. The van der Waals surface area contributed by atoms with Crippen LogP contribution in [0.5, 0.6) is 0 Å². The number of rotatable bonds is 2. The van der Waals surface area contributed by atoms with Crippen molar-refractivity contribution in [3.8, 4) is 0 Å². The molecule has 3 atom stereocenters. The number of hydrogen-bond donors (Lipinski definition) is 0. The lowest BCUT2D eigenvalue weighted by molar-refractivity contribution is -0.161. The van der Waals surface area contributed by atoms with Gasteiger partial charge in [-0.1, -0.05) is 20.8 Å². The van der Waals surface area contributed by atoms with Crippen LogP contribution in [0, 0.1) is 22.7 Å². The fraction of sp³-hybridized carbons (Fsp3) is 0.846. The lowest BCUT2D eigenvalue weighted by atomic mass is 9.46. The Bertz CT molecular complexity index is 306. The zero-order valence-electron chi connectivity index (χ0n) is 9.88. The third-order valence-corrected chi connectivity index (χ3v) is 4.99. The second-order valence-electron chi connectivity index (χ2n) is 6.04. The number of carbonyl (C=O) groups excluding carboxylic acids is 2. The fourth-order valence-electron chi connectivity index (χ4n) is 3.75.